The molecule has 818 valence electrons. The van der Waals surface area contributed by atoms with Crippen molar-refractivity contribution in [1.29, 1.82) is 0 Å². The molecule has 0 saturated carbocycles. The van der Waals surface area contributed by atoms with Gasteiger partial charge in [-0.2, -0.15) is 0 Å². The Bertz CT molecular complexity index is 4850. The molecule has 4 aromatic carbocycles. The molecule has 2 unspecified atom stereocenters. The van der Waals surface area contributed by atoms with E-state index in [-0.39, 0.29) is 97.1 Å². The second-order valence-corrected chi connectivity index (χ2v) is 68.8. The van der Waals surface area contributed by atoms with Crippen molar-refractivity contribution in [2.75, 3.05) is 91.8 Å². The molecular weight excluding hydrogens is 2800 g/mol. The van der Waals surface area contributed by atoms with E-state index in [1.165, 1.54) is 22.3 Å². The summed E-state index contributed by atoms with van der Waals surface area (Å²) in [5.41, 5.74) is 2.35. The second kappa shape index (κ2) is 59.0. The van der Waals surface area contributed by atoms with E-state index in [1.54, 1.807) is 30.6 Å². The van der Waals surface area contributed by atoms with Gasteiger partial charge in [-0.25, -0.2) is 47.9 Å². The quantitative estimate of drug-likeness (QED) is 0.0295. The van der Waals surface area contributed by atoms with Gasteiger partial charge in [0.05, 0.1) is 0 Å². The van der Waals surface area contributed by atoms with E-state index in [0.29, 0.717) is 78.0 Å². The fourth-order valence-corrected chi connectivity index (χ4v) is 19.2. The highest BCUT2D eigenvalue weighted by Crippen LogP contribution is 2.48. The molecule has 6 fully saturated rings. The van der Waals surface area contributed by atoms with Crippen LogP contribution in [0.3, 0.4) is 0 Å². The fourth-order valence-electron chi connectivity index (χ4n) is 17.7. The molecule has 0 bridgehead atoms. The van der Waals surface area contributed by atoms with Crippen LogP contribution in [-0.2, 0) is 87.5 Å². The molecule has 11 rings (SSSR count). The third kappa shape index (κ3) is 43.2. The third-order valence-electron chi connectivity index (χ3n) is 26.9. The Hall–Kier alpha value is -3.53. The minimum Gasteiger partial charge on any atom is -0.458 e. The van der Waals surface area contributed by atoms with Gasteiger partial charge in [-0.05, 0) is 384 Å². The minimum absolute atomic E-state index is 0.0512. The van der Waals surface area contributed by atoms with Crippen molar-refractivity contribution in [2.45, 2.75) is 284 Å². The number of piperidine rings is 6. The number of carbonyl (C=O) groups is 11. The van der Waals surface area contributed by atoms with Gasteiger partial charge in [0.1, 0.15) is 69.5 Å². The van der Waals surface area contributed by atoms with Gasteiger partial charge in [-0.15, -0.1) is 0 Å². The number of likely N-dealkylation sites (tertiary alicyclic amines) is 5. The van der Waals surface area contributed by atoms with Crippen LogP contribution in [-0.4, -0.2) is 241 Å². The molecule has 1 N–H and O–H groups in total. The molecule has 6 aliphatic heterocycles. The summed E-state index contributed by atoms with van der Waals surface area (Å²) in [4.78, 5) is 141. The van der Waals surface area contributed by atoms with Crippen molar-refractivity contribution in [3.8, 4) is 11.1 Å². The normalized spacial score (nSPS) is 17.5. The lowest BCUT2D eigenvalue weighted by atomic mass is 9.83. The number of halogens is 14. The standard InChI is InChI=1S/C25H26Br3NO4.C18H23Br2NO4.C16H27Br2NO4.C16H22BrNO2.C15H24Br3NO4.C14H20Br3NO4/c1-24(2,33-22(30)25(26,27)28)16-11-13-29(14-12-16)23(31)32-15-21-19-9-5-3-7-17(19)18-8-4-6-10-20(18)21;1-18(2,25-16(22)15(19)20)14-8-10-21(11-9-14)17(23)24-12-13-6-4-3-5-7-13;1-6-15(2,3)23-14(21)19-9-7-11(8-10-19)16(4,5)22-13(20)12(17)18;1-16(2,13-9-6-10-18-11-13)20-15(19)14(17)12-7-4-3-5-8-12;1-13(2,3)23-12(21)19-8-6-10(7-9-19)14(4,5)22-11(20)15(16,17)18;1-4-9-21-12(20)18-7-5-10(6-8-18)13(2,3)22-11(19)14(15,16)17/h3-10,16,21H,11-15H2,1-2H3;3-7,14-15H,8-12H2,1-2H3;11-12H,6-10H2,1-5H3;3-5,7-8,13-14,18H,6,9-11H2,1-2H3;10H,6-9H2,1-5H3;4,10H,1,5-9H2,2-3H3. The number of hydrogen-bond acceptors (Lipinski definition) is 23. The van der Waals surface area contributed by atoms with Gasteiger partial charge >= 0.3 is 66.3 Å². The number of hydrogen-bond donors (Lipinski definition) is 1. The largest absolute Gasteiger partial charge is 0.458 e. The zero-order chi connectivity index (χ0) is 110. The molecule has 7 aliphatic rings. The Labute approximate surface area is 980 Å². The molecule has 1 aliphatic carbocycles. The zero-order valence-corrected chi connectivity index (χ0v) is 108. The summed E-state index contributed by atoms with van der Waals surface area (Å²) in [6.07, 6.45) is 10.8. The topological polar surface area (TPSA) is 318 Å². The van der Waals surface area contributed by atoms with Gasteiger partial charge in [-0.3, -0.25) is 4.79 Å². The summed E-state index contributed by atoms with van der Waals surface area (Å²) in [5.74, 6) is -0.853. The van der Waals surface area contributed by atoms with Crippen molar-refractivity contribution < 1.29 is 105 Å². The van der Waals surface area contributed by atoms with E-state index in [9.17, 15) is 52.7 Å². The van der Waals surface area contributed by atoms with Crippen LogP contribution in [0, 0.1) is 35.5 Å². The first kappa shape index (κ1) is 131. The first-order chi connectivity index (χ1) is 67.7. The average Bonchev–Trinajstić information content (AvgIpc) is 1.61. The summed E-state index contributed by atoms with van der Waals surface area (Å²) in [7, 11) is 0. The van der Waals surface area contributed by atoms with Gasteiger partial charge in [-0.1, -0.05) is 208 Å². The minimum atomic E-state index is -1.09. The molecule has 28 nitrogen and oxygen atoms in total. The number of rotatable bonds is 24. The fraction of sp³-hybridized carbons (Fsp3) is 0.644. The number of alkyl halides is 14. The third-order valence-corrected chi connectivity index (χ3v) is 32.3. The van der Waals surface area contributed by atoms with E-state index in [1.807, 2.05) is 210 Å². The second-order valence-electron chi connectivity index (χ2n) is 41.4. The molecule has 146 heavy (non-hydrogen) atoms. The molecule has 6 saturated heterocycles. The van der Waals surface area contributed by atoms with Crippen molar-refractivity contribution in [2.24, 2.45) is 35.5 Å². The molecular formula is C104H142Br14N6O22. The van der Waals surface area contributed by atoms with Crippen LogP contribution >= 0.6 is 223 Å². The van der Waals surface area contributed by atoms with Crippen molar-refractivity contribution in [3.63, 3.8) is 0 Å². The molecule has 5 amide bonds. The van der Waals surface area contributed by atoms with Crippen LogP contribution in [0.25, 0.3) is 11.1 Å². The monoisotopic (exact) mass is 2930 g/mol. The molecule has 0 aromatic heterocycles. The molecule has 6 heterocycles. The average molecular weight is 2950 g/mol. The maximum atomic E-state index is 12.8. The van der Waals surface area contributed by atoms with E-state index in [4.69, 9.17) is 52.1 Å². The smallest absolute Gasteiger partial charge is 0.410 e. The lowest BCUT2D eigenvalue weighted by Gasteiger charge is -2.40. The summed E-state index contributed by atoms with van der Waals surface area (Å²) < 4.78 is 56.7. The molecule has 0 radical (unpaired) electrons. The highest BCUT2D eigenvalue weighted by molar-refractivity contribution is 9.40. The van der Waals surface area contributed by atoms with Crippen LogP contribution < -0.4 is 5.32 Å². The van der Waals surface area contributed by atoms with Gasteiger partial charge in [0, 0.05) is 113 Å². The lowest BCUT2D eigenvalue weighted by Crippen LogP contribution is -2.48. The molecule has 42 heteroatoms. The van der Waals surface area contributed by atoms with Crippen molar-refractivity contribution in [1.82, 2.24) is 29.8 Å². The number of ether oxygens (including phenoxy) is 11. The number of fused-ring (bicyclic) bond motifs is 3. The van der Waals surface area contributed by atoms with Crippen LogP contribution in [0.5, 0.6) is 0 Å². The first-order valence-electron chi connectivity index (χ1n) is 48.7. The summed E-state index contributed by atoms with van der Waals surface area (Å²) in [6, 6.07) is 35.9. The number of amides is 5. The van der Waals surface area contributed by atoms with Crippen LogP contribution in [0.4, 0.5) is 24.0 Å². The van der Waals surface area contributed by atoms with Gasteiger partial charge in [0.15, 0.2) is 7.47 Å². The van der Waals surface area contributed by atoms with E-state index >= 15 is 0 Å². The number of benzene rings is 4. The molecule has 4 aromatic rings. The number of nitrogens with zero attached hydrogens (tertiary/aromatic N) is 5. The Kier molecular flexibility index (Phi) is 53.0. The van der Waals surface area contributed by atoms with E-state index in [2.05, 4.69) is 259 Å². The SMILES string of the molecule is C=CCOC(=O)N1CCC(C(C)(C)OC(=O)C(Br)(Br)Br)CC1.CC(C)(C)OC(=O)N1CCC(C(C)(C)OC(=O)C(Br)(Br)Br)CC1.CC(C)(OC(=O)C(Br)(Br)Br)C1CCN(C(=O)OCC2c3ccccc3-c3ccccc32)CC1.CC(C)(OC(=O)C(Br)Br)C1CCN(C(=O)OCc2ccccc2)CC1.CC(C)(OC(=O)C(Br)c1ccccc1)C1CCCNC1.CCC(C)(C)OC(=O)N1CCC(C(C)(C)OC(=O)C(Br)Br)CC1. The highest BCUT2D eigenvalue weighted by Gasteiger charge is 2.48. The highest BCUT2D eigenvalue weighted by atomic mass is 80.0. The van der Waals surface area contributed by atoms with E-state index in [0.717, 1.165) is 108 Å². The van der Waals surface area contributed by atoms with Gasteiger partial charge < -0.3 is 81.9 Å². The zero-order valence-electron chi connectivity index (χ0n) is 86.3. The summed E-state index contributed by atoms with van der Waals surface area (Å²) in [6.45, 7) is 46.8. The first-order valence-corrected chi connectivity index (χ1v) is 60.5. The molecule has 0 spiro atoms. The summed E-state index contributed by atoms with van der Waals surface area (Å²) >= 11 is 44.6. The number of carbonyl (C=O) groups excluding carboxylic acids is 11. The Balaban J connectivity index is 0.000000270. The number of nitrogens with one attached hydrogen (secondary N) is 1. The van der Waals surface area contributed by atoms with Gasteiger partial charge in [0.25, 0.3) is 0 Å². The summed E-state index contributed by atoms with van der Waals surface area (Å²) in [5, 5.41) is 3.37. The maximum absolute atomic E-state index is 12.8. The van der Waals surface area contributed by atoms with Crippen molar-refractivity contribution in [3.05, 3.63) is 144 Å². The van der Waals surface area contributed by atoms with Crippen molar-refractivity contribution >= 4 is 289 Å². The van der Waals surface area contributed by atoms with Gasteiger partial charge in [0.2, 0.25) is 6.43 Å². The predicted octanol–water partition coefficient (Wildman–Crippen LogP) is 28.2. The lowest BCUT2D eigenvalue weighted by molar-refractivity contribution is -0.162. The number of esters is 6. The maximum Gasteiger partial charge on any atom is 0.410 e. The van der Waals surface area contributed by atoms with Crippen LogP contribution in [0.15, 0.2) is 122 Å². The van der Waals surface area contributed by atoms with Crippen LogP contribution in [0.1, 0.15) is 241 Å². The Morgan fingerprint density at radius 2 is 0.664 bits per heavy atom. The van der Waals surface area contributed by atoms with E-state index < -0.39 is 81.4 Å². The van der Waals surface area contributed by atoms with Crippen LogP contribution in [0.2, 0.25) is 0 Å². The molecule has 2 atom stereocenters. The Morgan fingerprint density at radius 1 is 0.363 bits per heavy atom. The Morgan fingerprint density at radius 3 is 0.986 bits per heavy atom. The predicted molar refractivity (Wildman–Crippen MR) is 618 cm³/mol.